The van der Waals surface area contributed by atoms with Gasteiger partial charge in [0.15, 0.2) is 6.29 Å². The Labute approximate surface area is 96.7 Å². The lowest BCUT2D eigenvalue weighted by Gasteiger charge is -2.36. The molecule has 2 fully saturated rings. The molecule has 2 rings (SSSR count). The Morgan fingerprint density at radius 3 is 3.06 bits per heavy atom. The molecule has 0 aliphatic carbocycles. The van der Waals surface area contributed by atoms with E-state index in [9.17, 15) is 4.79 Å². The monoisotopic (exact) mass is 227 g/mol. The van der Waals surface area contributed by atoms with E-state index in [1.54, 1.807) is 0 Å². The number of piperidine rings is 1. The van der Waals surface area contributed by atoms with Crippen LogP contribution in [0.5, 0.6) is 0 Å². The Morgan fingerprint density at radius 2 is 2.38 bits per heavy atom. The van der Waals surface area contributed by atoms with E-state index in [1.165, 1.54) is 6.42 Å². The standard InChI is InChI=1S/C12H21NO3/c1-12(7-4-5-10(14)13-12)9-16-11-6-2-3-8-15-11/h11H,2-9H2,1H3,(H,13,14). The quantitative estimate of drug-likeness (QED) is 0.796. The average Bonchev–Trinajstić information content (AvgIpc) is 2.28. The highest BCUT2D eigenvalue weighted by molar-refractivity contribution is 5.77. The molecule has 4 heteroatoms. The summed E-state index contributed by atoms with van der Waals surface area (Å²) in [5.41, 5.74) is -0.198. The van der Waals surface area contributed by atoms with Crippen molar-refractivity contribution in [2.45, 2.75) is 57.3 Å². The predicted molar refractivity (Wildman–Crippen MR) is 59.9 cm³/mol. The van der Waals surface area contributed by atoms with Crippen molar-refractivity contribution < 1.29 is 14.3 Å². The van der Waals surface area contributed by atoms with Crippen molar-refractivity contribution in [2.24, 2.45) is 0 Å². The fraction of sp³-hybridized carbons (Fsp3) is 0.917. The molecule has 2 saturated heterocycles. The summed E-state index contributed by atoms with van der Waals surface area (Å²) in [6.07, 6.45) is 5.81. The van der Waals surface area contributed by atoms with Gasteiger partial charge in [-0.2, -0.15) is 0 Å². The first-order valence-electron chi connectivity index (χ1n) is 6.22. The molecule has 92 valence electrons. The second kappa shape index (κ2) is 5.15. The molecule has 4 nitrogen and oxygen atoms in total. The van der Waals surface area contributed by atoms with E-state index < -0.39 is 0 Å². The summed E-state index contributed by atoms with van der Waals surface area (Å²) in [6.45, 7) is 3.41. The van der Waals surface area contributed by atoms with Crippen LogP contribution in [0.4, 0.5) is 0 Å². The summed E-state index contributed by atoms with van der Waals surface area (Å²) in [5, 5.41) is 3.01. The third-order valence-corrected chi connectivity index (χ3v) is 3.30. The van der Waals surface area contributed by atoms with Crippen molar-refractivity contribution in [3.8, 4) is 0 Å². The van der Waals surface area contributed by atoms with Crippen molar-refractivity contribution in [1.82, 2.24) is 5.32 Å². The lowest BCUT2D eigenvalue weighted by atomic mass is 9.91. The van der Waals surface area contributed by atoms with Gasteiger partial charge in [0.05, 0.1) is 12.1 Å². The zero-order valence-electron chi connectivity index (χ0n) is 9.96. The van der Waals surface area contributed by atoms with Crippen molar-refractivity contribution in [1.29, 1.82) is 0 Å². The fourth-order valence-electron chi connectivity index (χ4n) is 2.33. The van der Waals surface area contributed by atoms with Gasteiger partial charge in [0.25, 0.3) is 0 Å². The first kappa shape index (κ1) is 11.9. The van der Waals surface area contributed by atoms with Crippen molar-refractivity contribution in [3.63, 3.8) is 0 Å². The second-order valence-corrected chi connectivity index (χ2v) is 5.07. The van der Waals surface area contributed by atoms with Gasteiger partial charge in [-0.1, -0.05) is 0 Å². The van der Waals surface area contributed by atoms with Gasteiger partial charge in [-0.3, -0.25) is 4.79 Å². The fourth-order valence-corrected chi connectivity index (χ4v) is 2.33. The maximum absolute atomic E-state index is 11.3. The van der Waals surface area contributed by atoms with Gasteiger partial charge in [-0.25, -0.2) is 0 Å². The van der Waals surface area contributed by atoms with Crippen LogP contribution in [0.1, 0.15) is 45.4 Å². The molecule has 2 aliphatic rings. The molecule has 0 aromatic rings. The van der Waals surface area contributed by atoms with Crippen LogP contribution in [0.2, 0.25) is 0 Å². The highest BCUT2D eigenvalue weighted by atomic mass is 16.7. The van der Waals surface area contributed by atoms with Crippen LogP contribution in [0.15, 0.2) is 0 Å². The lowest BCUT2D eigenvalue weighted by molar-refractivity contribution is -0.174. The Morgan fingerprint density at radius 1 is 1.50 bits per heavy atom. The smallest absolute Gasteiger partial charge is 0.220 e. The first-order valence-corrected chi connectivity index (χ1v) is 6.22. The maximum Gasteiger partial charge on any atom is 0.220 e. The molecule has 0 radical (unpaired) electrons. The summed E-state index contributed by atoms with van der Waals surface area (Å²) >= 11 is 0. The molecule has 0 aromatic heterocycles. The van der Waals surface area contributed by atoms with Gasteiger partial charge in [0.2, 0.25) is 5.91 Å². The highest BCUT2D eigenvalue weighted by Gasteiger charge is 2.31. The van der Waals surface area contributed by atoms with E-state index >= 15 is 0 Å². The van der Waals surface area contributed by atoms with Gasteiger partial charge in [-0.15, -0.1) is 0 Å². The van der Waals surface area contributed by atoms with Crippen LogP contribution in [-0.2, 0) is 14.3 Å². The van der Waals surface area contributed by atoms with E-state index in [0.717, 1.165) is 32.3 Å². The van der Waals surface area contributed by atoms with Gasteiger partial charge < -0.3 is 14.8 Å². The Hall–Kier alpha value is -0.610. The zero-order valence-corrected chi connectivity index (χ0v) is 9.96. The van der Waals surface area contributed by atoms with Crippen LogP contribution in [0, 0.1) is 0 Å². The number of rotatable bonds is 3. The largest absolute Gasteiger partial charge is 0.353 e. The normalized spacial score (nSPS) is 35.8. The van der Waals surface area contributed by atoms with E-state index in [1.807, 2.05) is 6.92 Å². The van der Waals surface area contributed by atoms with E-state index in [-0.39, 0.29) is 17.7 Å². The van der Waals surface area contributed by atoms with Crippen molar-refractivity contribution in [2.75, 3.05) is 13.2 Å². The number of amides is 1. The number of carbonyl (C=O) groups excluding carboxylic acids is 1. The Kier molecular flexibility index (Phi) is 3.82. The van der Waals surface area contributed by atoms with Crippen LogP contribution < -0.4 is 5.32 Å². The van der Waals surface area contributed by atoms with E-state index in [2.05, 4.69) is 5.32 Å². The summed E-state index contributed by atoms with van der Waals surface area (Å²) in [6, 6.07) is 0. The summed E-state index contributed by atoms with van der Waals surface area (Å²) < 4.78 is 11.2. The van der Waals surface area contributed by atoms with Crippen LogP contribution in [0.3, 0.4) is 0 Å². The molecule has 2 unspecified atom stereocenters. The summed E-state index contributed by atoms with van der Waals surface area (Å²) in [7, 11) is 0. The predicted octanol–water partition coefficient (Wildman–Crippen LogP) is 1.59. The maximum atomic E-state index is 11.3. The van der Waals surface area contributed by atoms with Crippen LogP contribution >= 0.6 is 0 Å². The molecule has 2 heterocycles. The number of ether oxygens (including phenoxy) is 2. The number of hydrogen-bond donors (Lipinski definition) is 1. The summed E-state index contributed by atoms with van der Waals surface area (Å²) in [5.74, 6) is 0.141. The van der Waals surface area contributed by atoms with Crippen molar-refractivity contribution >= 4 is 5.91 Å². The lowest BCUT2D eigenvalue weighted by Crippen LogP contribution is -2.53. The molecule has 0 spiro atoms. The first-order chi connectivity index (χ1) is 7.68. The van der Waals surface area contributed by atoms with E-state index in [0.29, 0.717) is 13.0 Å². The van der Waals surface area contributed by atoms with Gasteiger partial charge in [0, 0.05) is 13.0 Å². The Balaban J connectivity index is 1.76. The molecular weight excluding hydrogens is 206 g/mol. The molecule has 0 bridgehead atoms. The molecule has 0 aromatic carbocycles. The van der Waals surface area contributed by atoms with Crippen LogP contribution in [0.25, 0.3) is 0 Å². The average molecular weight is 227 g/mol. The number of hydrogen-bond acceptors (Lipinski definition) is 3. The third-order valence-electron chi connectivity index (χ3n) is 3.30. The molecule has 1 N–H and O–H groups in total. The minimum Gasteiger partial charge on any atom is -0.353 e. The summed E-state index contributed by atoms with van der Waals surface area (Å²) in [4.78, 5) is 11.3. The molecule has 0 saturated carbocycles. The molecule has 2 atom stereocenters. The topological polar surface area (TPSA) is 47.6 Å². The SMILES string of the molecule is CC1(COC2CCCCO2)CCCC(=O)N1. The number of nitrogens with one attached hydrogen (secondary N) is 1. The number of carbonyl (C=O) groups is 1. The van der Waals surface area contributed by atoms with Gasteiger partial charge in [0.1, 0.15) is 0 Å². The van der Waals surface area contributed by atoms with Crippen LogP contribution in [-0.4, -0.2) is 30.9 Å². The second-order valence-electron chi connectivity index (χ2n) is 5.07. The molecule has 16 heavy (non-hydrogen) atoms. The van der Waals surface area contributed by atoms with Crippen molar-refractivity contribution in [3.05, 3.63) is 0 Å². The van der Waals surface area contributed by atoms with Gasteiger partial charge >= 0.3 is 0 Å². The molecule has 2 aliphatic heterocycles. The minimum atomic E-state index is -0.198. The molecule has 1 amide bonds. The minimum absolute atomic E-state index is 0.0654. The Bertz CT molecular complexity index is 251. The van der Waals surface area contributed by atoms with Gasteiger partial charge in [-0.05, 0) is 39.0 Å². The highest BCUT2D eigenvalue weighted by Crippen LogP contribution is 2.22. The van der Waals surface area contributed by atoms with E-state index in [4.69, 9.17) is 9.47 Å². The molecular formula is C12H21NO3. The third kappa shape index (κ3) is 3.19. The zero-order chi connectivity index (χ0) is 11.4.